The van der Waals surface area contributed by atoms with E-state index in [1.165, 1.54) is 11.3 Å². The van der Waals surface area contributed by atoms with Crippen LogP contribution in [0.1, 0.15) is 25.0 Å². The summed E-state index contributed by atoms with van der Waals surface area (Å²) >= 11 is 3.09. The van der Waals surface area contributed by atoms with Gasteiger partial charge in [0, 0.05) is 11.4 Å². The maximum Gasteiger partial charge on any atom is 0.233 e. The van der Waals surface area contributed by atoms with Crippen molar-refractivity contribution in [3.8, 4) is 0 Å². The van der Waals surface area contributed by atoms with Crippen molar-refractivity contribution in [1.82, 2.24) is 5.32 Å². The summed E-state index contributed by atoms with van der Waals surface area (Å²) in [5, 5.41) is 16.5. The first-order chi connectivity index (χ1) is 10.2. The molecule has 2 atom stereocenters. The molecule has 3 nitrogen and oxygen atoms in total. The smallest absolute Gasteiger partial charge is 0.233 e. The zero-order valence-electron chi connectivity index (χ0n) is 11.9. The van der Waals surface area contributed by atoms with E-state index in [2.05, 4.69) is 5.32 Å². The Morgan fingerprint density at radius 3 is 2.71 bits per heavy atom. The summed E-state index contributed by atoms with van der Waals surface area (Å²) in [6, 6.07) is 11.8. The van der Waals surface area contributed by atoms with Crippen LogP contribution in [0.3, 0.4) is 0 Å². The normalized spacial score (nSPS) is 13.6. The fraction of sp³-hybridized carbons (Fsp3) is 0.312. The third kappa shape index (κ3) is 4.88. The fourth-order valence-electron chi connectivity index (χ4n) is 1.88. The highest BCUT2D eigenvalue weighted by Crippen LogP contribution is 2.25. The summed E-state index contributed by atoms with van der Waals surface area (Å²) in [7, 11) is 0. The van der Waals surface area contributed by atoms with Crippen LogP contribution in [0.25, 0.3) is 0 Å². The fourth-order valence-corrected chi connectivity index (χ4v) is 3.59. The summed E-state index contributed by atoms with van der Waals surface area (Å²) in [5.41, 5.74) is 0.851. The first kappa shape index (κ1) is 16.1. The Kier molecular flexibility index (Phi) is 6.29. The van der Waals surface area contributed by atoms with Crippen LogP contribution < -0.4 is 5.32 Å². The summed E-state index contributed by atoms with van der Waals surface area (Å²) in [4.78, 5) is 13.3. The number of carbonyl (C=O) groups excluding carboxylic acids is 1. The van der Waals surface area contributed by atoms with Gasteiger partial charge in [0.15, 0.2) is 0 Å². The van der Waals surface area contributed by atoms with E-state index < -0.39 is 6.10 Å². The molecule has 2 unspecified atom stereocenters. The molecule has 2 aromatic rings. The van der Waals surface area contributed by atoms with Gasteiger partial charge in [0.2, 0.25) is 5.91 Å². The summed E-state index contributed by atoms with van der Waals surface area (Å²) < 4.78 is 0. The quantitative estimate of drug-likeness (QED) is 0.768. The Labute approximate surface area is 133 Å². The first-order valence-electron chi connectivity index (χ1n) is 6.90. The second-order valence-electron chi connectivity index (χ2n) is 4.65. The molecule has 0 radical (unpaired) electrons. The summed E-state index contributed by atoms with van der Waals surface area (Å²) in [6.45, 7) is 2.25. The number of hydrogen-bond donors (Lipinski definition) is 2. The van der Waals surface area contributed by atoms with Crippen molar-refractivity contribution in [2.45, 2.75) is 29.6 Å². The molecule has 1 aromatic heterocycles. The Balaban J connectivity index is 1.85. The van der Waals surface area contributed by atoms with Crippen LogP contribution in [0, 0.1) is 0 Å². The van der Waals surface area contributed by atoms with Crippen molar-refractivity contribution in [2.24, 2.45) is 0 Å². The van der Waals surface area contributed by atoms with Gasteiger partial charge in [-0.1, -0.05) is 25.1 Å². The molecule has 0 aliphatic carbocycles. The van der Waals surface area contributed by atoms with E-state index in [1.807, 2.05) is 54.1 Å². The molecule has 2 N–H and O–H groups in total. The zero-order chi connectivity index (χ0) is 15.1. The van der Waals surface area contributed by atoms with Gasteiger partial charge in [0.25, 0.3) is 0 Å². The van der Waals surface area contributed by atoms with E-state index in [0.717, 1.165) is 16.9 Å². The molecule has 0 bridgehead atoms. The van der Waals surface area contributed by atoms with Crippen LogP contribution in [0.2, 0.25) is 0 Å². The molecule has 1 heterocycles. The van der Waals surface area contributed by atoms with Gasteiger partial charge < -0.3 is 10.4 Å². The lowest BCUT2D eigenvalue weighted by Crippen LogP contribution is -2.35. The SMILES string of the molecule is CCC(Sc1ccccc1)C(=O)NCC(O)c1ccsc1. The second kappa shape index (κ2) is 8.22. The van der Waals surface area contributed by atoms with E-state index in [4.69, 9.17) is 0 Å². The molecule has 5 heteroatoms. The molecule has 0 saturated carbocycles. The zero-order valence-corrected chi connectivity index (χ0v) is 13.5. The Hall–Kier alpha value is -1.30. The minimum absolute atomic E-state index is 0.0272. The minimum atomic E-state index is -0.639. The van der Waals surface area contributed by atoms with Gasteiger partial charge in [-0.15, -0.1) is 11.8 Å². The lowest BCUT2D eigenvalue weighted by atomic mass is 10.2. The van der Waals surface area contributed by atoms with E-state index in [0.29, 0.717) is 0 Å². The number of rotatable bonds is 7. The number of aliphatic hydroxyl groups excluding tert-OH is 1. The van der Waals surface area contributed by atoms with E-state index in [1.54, 1.807) is 11.8 Å². The van der Waals surface area contributed by atoms with Crippen LogP contribution in [0.15, 0.2) is 52.1 Å². The maximum absolute atomic E-state index is 12.2. The van der Waals surface area contributed by atoms with Crippen molar-refractivity contribution in [2.75, 3.05) is 6.54 Å². The molecule has 0 aliphatic rings. The third-order valence-corrected chi connectivity index (χ3v) is 5.16. The number of carbonyl (C=O) groups is 1. The lowest BCUT2D eigenvalue weighted by Gasteiger charge is -2.16. The molecule has 21 heavy (non-hydrogen) atoms. The predicted octanol–water partition coefficient (Wildman–Crippen LogP) is 3.47. The predicted molar refractivity (Wildman–Crippen MR) is 88.7 cm³/mol. The lowest BCUT2D eigenvalue weighted by molar-refractivity contribution is -0.121. The molecule has 1 aromatic carbocycles. The molecule has 1 amide bonds. The third-order valence-electron chi connectivity index (χ3n) is 3.08. The number of hydrogen-bond acceptors (Lipinski definition) is 4. The van der Waals surface area contributed by atoms with E-state index >= 15 is 0 Å². The van der Waals surface area contributed by atoms with Gasteiger partial charge in [-0.3, -0.25) is 4.79 Å². The van der Waals surface area contributed by atoms with E-state index in [9.17, 15) is 9.90 Å². The number of amides is 1. The number of aliphatic hydroxyl groups is 1. The Morgan fingerprint density at radius 1 is 1.33 bits per heavy atom. The van der Waals surface area contributed by atoms with Gasteiger partial charge >= 0.3 is 0 Å². The van der Waals surface area contributed by atoms with Crippen LogP contribution in [0.5, 0.6) is 0 Å². The summed E-state index contributed by atoms with van der Waals surface area (Å²) in [6.07, 6.45) is 0.111. The molecular formula is C16H19NO2S2. The van der Waals surface area contributed by atoms with Crippen molar-refractivity contribution in [3.63, 3.8) is 0 Å². The highest BCUT2D eigenvalue weighted by molar-refractivity contribution is 8.00. The molecular weight excluding hydrogens is 302 g/mol. The van der Waals surface area contributed by atoms with Crippen LogP contribution in [-0.4, -0.2) is 22.8 Å². The van der Waals surface area contributed by atoms with E-state index in [-0.39, 0.29) is 17.7 Å². The summed E-state index contributed by atoms with van der Waals surface area (Å²) in [5.74, 6) is -0.0272. The molecule has 0 aliphatic heterocycles. The van der Waals surface area contributed by atoms with Crippen molar-refractivity contribution in [1.29, 1.82) is 0 Å². The number of benzene rings is 1. The molecule has 112 valence electrons. The highest BCUT2D eigenvalue weighted by atomic mass is 32.2. The average Bonchev–Trinajstić information content (AvgIpc) is 3.05. The number of thiophene rings is 1. The maximum atomic E-state index is 12.2. The highest BCUT2D eigenvalue weighted by Gasteiger charge is 2.19. The van der Waals surface area contributed by atoms with Gasteiger partial charge in [-0.25, -0.2) is 0 Å². The van der Waals surface area contributed by atoms with Crippen molar-refractivity contribution >= 4 is 29.0 Å². The van der Waals surface area contributed by atoms with Crippen molar-refractivity contribution in [3.05, 3.63) is 52.7 Å². The molecule has 0 saturated heterocycles. The largest absolute Gasteiger partial charge is 0.387 e. The molecule has 2 rings (SSSR count). The second-order valence-corrected chi connectivity index (χ2v) is 6.70. The first-order valence-corrected chi connectivity index (χ1v) is 8.72. The van der Waals surface area contributed by atoms with Gasteiger partial charge in [0.1, 0.15) is 0 Å². The number of nitrogens with one attached hydrogen (secondary N) is 1. The standard InChI is InChI=1S/C16H19NO2S2/c1-2-15(21-13-6-4-3-5-7-13)16(19)17-10-14(18)12-8-9-20-11-12/h3-9,11,14-15,18H,2,10H2,1H3,(H,17,19). The van der Waals surface area contributed by atoms with Crippen LogP contribution in [0.4, 0.5) is 0 Å². The monoisotopic (exact) mass is 321 g/mol. The molecule has 0 fully saturated rings. The average molecular weight is 321 g/mol. The topological polar surface area (TPSA) is 49.3 Å². The van der Waals surface area contributed by atoms with Gasteiger partial charge in [-0.2, -0.15) is 11.3 Å². The van der Waals surface area contributed by atoms with Crippen LogP contribution in [-0.2, 0) is 4.79 Å². The van der Waals surface area contributed by atoms with Gasteiger partial charge in [0.05, 0.1) is 11.4 Å². The van der Waals surface area contributed by atoms with Crippen LogP contribution >= 0.6 is 23.1 Å². The number of thioether (sulfide) groups is 1. The molecule has 0 spiro atoms. The minimum Gasteiger partial charge on any atom is -0.387 e. The Morgan fingerprint density at radius 2 is 2.10 bits per heavy atom. The Bertz CT molecular complexity index is 543. The van der Waals surface area contributed by atoms with Crippen molar-refractivity contribution < 1.29 is 9.90 Å². The van der Waals surface area contributed by atoms with Gasteiger partial charge in [-0.05, 0) is 40.9 Å².